The highest BCUT2D eigenvalue weighted by Crippen LogP contribution is 2.20. The Balaban J connectivity index is 1.48. The Bertz CT molecular complexity index is 1130. The molecule has 3 heterocycles. The van der Waals surface area contributed by atoms with E-state index in [-0.39, 0.29) is 5.91 Å². The third-order valence-electron chi connectivity index (χ3n) is 4.40. The summed E-state index contributed by atoms with van der Waals surface area (Å²) >= 11 is 0. The van der Waals surface area contributed by atoms with Crippen LogP contribution in [0.3, 0.4) is 0 Å². The molecule has 0 bridgehead atoms. The number of anilines is 1. The summed E-state index contributed by atoms with van der Waals surface area (Å²) in [5.74, 6) is 1.22. The molecule has 0 spiro atoms. The minimum Gasteiger partial charge on any atom is -0.436 e. The molecule has 0 aliphatic carbocycles. The molecular weight excluding hydrogens is 366 g/mol. The summed E-state index contributed by atoms with van der Waals surface area (Å²) in [6.07, 6.45) is 5.38. The van der Waals surface area contributed by atoms with Crippen LogP contribution >= 0.6 is 0 Å². The number of hydrogen-bond acceptors (Lipinski definition) is 5. The predicted octanol–water partition coefficient (Wildman–Crippen LogP) is 4.43. The SMILES string of the molecule is CCCc1ccc(C(=O)Nc2cn3nc(Oc4ccc(C)nc4)ccc3n2)cc1. The molecule has 0 saturated carbocycles. The van der Waals surface area contributed by atoms with Crippen LogP contribution in [-0.4, -0.2) is 25.5 Å². The number of carbonyl (C=O) groups is 1. The van der Waals surface area contributed by atoms with Crippen molar-refractivity contribution in [2.45, 2.75) is 26.7 Å². The molecule has 146 valence electrons. The van der Waals surface area contributed by atoms with Crippen molar-refractivity contribution >= 4 is 17.4 Å². The maximum absolute atomic E-state index is 12.5. The summed E-state index contributed by atoms with van der Waals surface area (Å²) in [4.78, 5) is 21.1. The molecule has 29 heavy (non-hydrogen) atoms. The molecule has 0 fully saturated rings. The molecule has 0 unspecified atom stereocenters. The topological polar surface area (TPSA) is 81.4 Å². The van der Waals surface area contributed by atoms with E-state index in [1.807, 2.05) is 43.3 Å². The van der Waals surface area contributed by atoms with Gasteiger partial charge in [-0.3, -0.25) is 9.78 Å². The van der Waals surface area contributed by atoms with E-state index in [0.717, 1.165) is 18.5 Å². The molecule has 1 N–H and O–H groups in total. The van der Waals surface area contributed by atoms with Crippen LogP contribution in [0, 0.1) is 6.92 Å². The third kappa shape index (κ3) is 4.40. The van der Waals surface area contributed by atoms with Crippen LogP contribution < -0.4 is 10.1 Å². The van der Waals surface area contributed by atoms with Gasteiger partial charge in [0.1, 0.15) is 5.75 Å². The number of benzene rings is 1. The lowest BCUT2D eigenvalue weighted by molar-refractivity contribution is 0.102. The minimum absolute atomic E-state index is 0.210. The Morgan fingerprint density at radius 2 is 1.93 bits per heavy atom. The van der Waals surface area contributed by atoms with E-state index < -0.39 is 0 Å². The second-order valence-electron chi connectivity index (χ2n) is 6.74. The summed E-state index contributed by atoms with van der Waals surface area (Å²) in [5, 5.41) is 7.19. The second-order valence-corrected chi connectivity index (χ2v) is 6.74. The van der Waals surface area contributed by atoms with Crippen LogP contribution in [0.4, 0.5) is 5.82 Å². The van der Waals surface area contributed by atoms with Crippen LogP contribution in [0.25, 0.3) is 5.65 Å². The number of fused-ring (bicyclic) bond motifs is 1. The van der Waals surface area contributed by atoms with Gasteiger partial charge in [-0.05, 0) is 49.2 Å². The van der Waals surface area contributed by atoms with Crippen molar-refractivity contribution in [2.24, 2.45) is 0 Å². The number of nitrogens with zero attached hydrogens (tertiary/aromatic N) is 4. The summed E-state index contributed by atoms with van der Waals surface area (Å²) in [5.41, 5.74) is 3.33. The molecule has 0 radical (unpaired) electrons. The van der Waals surface area contributed by atoms with E-state index in [9.17, 15) is 4.79 Å². The van der Waals surface area contributed by atoms with Crippen LogP contribution in [0.15, 0.2) is 60.9 Å². The van der Waals surface area contributed by atoms with Crippen molar-refractivity contribution < 1.29 is 9.53 Å². The summed E-state index contributed by atoms with van der Waals surface area (Å²) in [6, 6.07) is 14.8. The van der Waals surface area contributed by atoms with Gasteiger partial charge in [0.2, 0.25) is 5.88 Å². The fourth-order valence-electron chi connectivity index (χ4n) is 2.91. The number of rotatable bonds is 6. The van der Waals surface area contributed by atoms with Crippen molar-refractivity contribution in [2.75, 3.05) is 5.32 Å². The summed E-state index contributed by atoms with van der Waals surface area (Å²) in [6.45, 7) is 4.04. The molecule has 1 amide bonds. The first kappa shape index (κ1) is 18.6. The quantitative estimate of drug-likeness (QED) is 0.529. The van der Waals surface area contributed by atoms with Crippen molar-refractivity contribution in [3.05, 3.63) is 77.7 Å². The van der Waals surface area contributed by atoms with E-state index in [1.54, 1.807) is 29.0 Å². The Hall–Kier alpha value is -3.74. The van der Waals surface area contributed by atoms with E-state index in [1.165, 1.54) is 5.56 Å². The van der Waals surface area contributed by atoms with Crippen molar-refractivity contribution in [3.63, 3.8) is 0 Å². The number of amides is 1. The number of nitrogens with one attached hydrogen (secondary N) is 1. The zero-order valence-corrected chi connectivity index (χ0v) is 16.3. The molecular formula is C22H21N5O2. The van der Waals surface area contributed by atoms with Crippen LogP contribution in [0.5, 0.6) is 11.6 Å². The van der Waals surface area contributed by atoms with Gasteiger partial charge in [0.25, 0.3) is 5.91 Å². The number of hydrogen-bond donors (Lipinski definition) is 1. The highest BCUT2D eigenvalue weighted by molar-refractivity contribution is 6.03. The molecule has 0 aliphatic heterocycles. The molecule has 4 rings (SSSR count). The normalized spacial score (nSPS) is 10.8. The average molecular weight is 387 g/mol. The number of carbonyl (C=O) groups excluding carboxylic acids is 1. The summed E-state index contributed by atoms with van der Waals surface area (Å²) in [7, 11) is 0. The fraction of sp³-hybridized carbons (Fsp3) is 0.182. The standard InChI is InChI=1S/C22H21N5O2/c1-3-4-16-6-8-17(9-7-16)22(28)25-19-14-27-20(24-19)11-12-21(26-27)29-18-10-5-15(2)23-13-18/h5-14H,3-4H2,1-2H3,(H,25,28). The third-order valence-corrected chi connectivity index (χ3v) is 4.40. The van der Waals surface area contributed by atoms with E-state index in [0.29, 0.717) is 28.7 Å². The Kier molecular flexibility index (Phi) is 5.20. The maximum atomic E-state index is 12.5. The van der Waals surface area contributed by atoms with Gasteiger partial charge in [-0.15, -0.1) is 5.10 Å². The fourth-order valence-corrected chi connectivity index (χ4v) is 2.91. The van der Waals surface area contributed by atoms with Crippen LogP contribution in [0.1, 0.15) is 35.0 Å². The largest absolute Gasteiger partial charge is 0.436 e. The van der Waals surface area contributed by atoms with Gasteiger partial charge in [0.15, 0.2) is 11.5 Å². The zero-order valence-electron chi connectivity index (χ0n) is 16.3. The molecule has 1 aromatic carbocycles. The second kappa shape index (κ2) is 8.10. The number of aryl methyl sites for hydroxylation is 2. The molecule has 0 atom stereocenters. The van der Waals surface area contributed by atoms with Gasteiger partial charge in [-0.1, -0.05) is 25.5 Å². The van der Waals surface area contributed by atoms with Crippen molar-refractivity contribution in [1.29, 1.82) is 0 Å². The van der Waals surface area contributed by atoms with Gasteiger partial charge >= 0.3 is 0 Å². The lowest BCUT2D eigenvalue weighted by Gasteiger charge is -2.04. The number of imidazole rings is 1. The predicted molar refractivity (Wildman–Crippen MR) is 110 cm³/mol. The van der Waals surface area contributed by atoms with Gasteiger partial charge in [-0.2, -0.15) is 0 Å². The molecule has 3 aromatic heterocycles. The monoisotopic (exact) mass is 387 g/mol. The lowest BCUT2D eigenvalue weighted by Crippen LogP contribution is -2.12. The molecule has 0 saturated heterocycles. The van der Waals surface area contributed by atoms with E-state index >= 15 is 0 Å². The van der Waals surface area contributed by atoms with Gasteiger partial charge in [-0.25, -0.2) is 9.50 Å². The smallest absolute Gasteiger partial charge is 0.256 e. The highest BCUT2D eigenvalue weighted by atomic mass is 16.5. The average Bonchev–Trinajstić information content (AvgIpc) is 3.12. The summed E-state index contributed by atoms with van der Waals surface area (Å²) < 4.78 is 7.29. The van der Waals surface area contributed by atoms with Crippen molar-refractivity contribution in [1.82, 2.24) is 19.6 Å². The number of pyridine rings is 1. The Morgan fingerprint density at radius 3 is 2.66 bits per heavy atom. The van der Waals surface area contributed by atoms with Crippen LogP contribution in [-0.2, 0) is 6.42 Å². The van der Waals surface area contributed by atoms with Gasteiger partial charge in [0, 0.05) is 17.3 Å². The first-order chi connectivity index (χ1) is 14.1. The molecule has 0 aliphatic rings. The van der Waals surface area contributed by atoms with E-state index in [4.69, 9.17) is 4.74 Å². The van der Waals surface area contributed by atoms with Crippen molar-refractivity contribution in [3.8, 4) is 11.6 Å². The molecule has 4 aromatic rings. The lowest BCUT2D eigenvalue weighted by atomic mass is 10.1. The van der Waals surface area contributed by atoms with Gasteiger partial charge < -0.3 is 10.1 Å². The van der Waals surface area contributed by atoms with Gasteiger partial charge in [0.05, 0.1) is 12.4 Å². The number of ether oxygens (including phenoxy) is 1. The Morgan fingerprint density at radius 1 is 1.10 bits per heavy atom. The first-order valence-electron chi connectivity index (χ1n) is 9.48. The minimum atomic E-state index is -0.210. The maximum Gasteiger partial charge on any atom is 0.256 e. The highest BCUT2D eigenvalue weighted by Gasteiger charge is 2.10. The van der Waals surface area contributed by atoms with Crippen LogP contribution in [0.2, 0.25) is 0 Å². The zero-order chi connectivity index (χ0) is 20.2. The molecule has 7 heteroatoms. The van der Waals surface area contributed by atoms with E-state index in [2.05, 4.69) is 27.3 Å². The Labute approximate surface area is 168 Å². The first-order valence-corrected chi connectivity index (χ1v) is 9.48. The number of aromatic nitrogens is 4. The molecule has 7 nitrogen and oxygen atoms in total.